The molecular weight excluding hydrogens is 397 g/mol. The number of nitrogens with two attached hydrogens (primary N) is 1. The van der Waals surface area contributed by atoms with Crippen LogP contribution in [0.2, 0.25) is 0 Å². The van der Waals surface area contributed by atoms with Crippen LogP contribution in [0.15, 0.2) is 10.4 Å². The molecule has 0 amide bonds. The Kier molecular flexibility index (Phi) is 8.98. The normalized spacial score (nSPS) is 15.1. The van der Waals surface area contributed by atoms with E-state index in [0.29, 0.717) is 5.96 Å². The second kappa shape index (κ2) is 10.2. The maximum atomic E-state index is 5.80. The molecule has 0 radical (unpaired) electrons. The van der Waals surface area contributed by atoms with Crippen molar-refractivity contribution in [1.29, 1.82) is 0 Å². The lowest BCUT2D eigenvalue weighted by atomic mass is 10.3. The summed E-state index contributed by atoms with van der Waals surface area (Å²) in [5, 5.41) is 6.47. The number of guanidine groups is 1. The number of halogens is 1. The van der Waals surface area contributed by atoms with Gasteiger partial charge in [-0.1, -0.05) is 13.3 Å². The molecule has 2 heterocycles. The fourth-order valence-corrected chi connectivity index (χ4v) is 3.11. The van der Waals surface area contributed by atoms with E-state index in [1.54, 1.807) is 11.3 Å². The van der Waals surface area contributed by atoms with E-state index in [1.807, 2.05) is 0 Å². The van der Waals surface area contributed by atoms with E-state index in [0.717, 1.165) is 51.1 Å². The second-order valence-corrected chi connectivity index (χ2v) is 5.95. The molecule has 120 valence electrons. The van der Waals surface area contributed by atoms with E-state index in [2.05, 4.69) is 32.5 Å². The molecule has 0 aromatic carbocycles. The van der Waals surface area contributed by atoms with Crippen LogP contribution >= 0.6 is 35.3 Å². The summed E-state index contributed by atoms with van der Waals surface area (Å²) in [6.07, 6.45) is 5.72. The van der Waals surface area contributed by atoms with Crippen molar-refractivity contribution < 1.29 is 0 Å². The molecule has 0 aliphatic carbocycles. The van der Waals surface area contributed by atoms with Crippen LogP contribution < -0.4 is 16.0 Å². The van der Waals surface area contributed by atoms with E-state index < -0.39 is 0 Å². The summed E-state index contributed by atoms with van der Waals surface area (Å²) >= 11 is 1.75. The highest BCUT2D eigenvalue weighted by Crippen LogP contribution is 2.24. The highest BCUT2D eigenvalue weighted by atomic mass is 127. The van der Waals surface area contributed by atoms with Gasteiger partial charge < -0.3 is 16.0 Å². The number of nitrogens with one attached hydrogen (secondary N) is 1. The fraction of sp³-hybridized carbons (Fsp3) is 0.714. The summed E-state index contributed by atoms with van der Waals surface area (Å²) in [4.78, 5) is 11.3. The lowest BCUT2D eigenvalue weighted by Gasteiger charge is -2.12. The van der Waals surface area contributed by atoms with Gasteiger partial charge in [-0.3, -0.25) is 4.99 Å². The molecule has 2 rings (SSSR count). The number of nitrogens with zero attached hydrogens (tertiary/aromatic N) is 3. The minimum atomic E-state index is 0. The Morgan fingerprint density at radius 3 is 2.95 bits per heavy atom. The van der Waals surface area contributed by atoms with Gasteiger partial charge in [0.05, 0.1) is 5.69 Å². The number of anilines is 1. The van der Waals surface area contributed by atoms with Crippen LogP contribution in [-0.4, -0.2) is 37.1 Å². The first kappa shape index (κ1) is 18.5. The maximum Gasteiger partial charge on any atom is 0.188 e. The van der Waals surface area contributed by atoms with E-state index >= 15 is 0 Å². The average Bonchev–Trinajstić information content (AvgIpc) is 3.09. The second-order valence-electron chi connectivity index (χ2n) is 5.11. The Morgan fingerprint density at radius 2 is 2.24 bits per heavy atom. The number of rotatable bonds is 7. The van der Waals surface area contributed by atoms with Crippen LogP contribution in [0.4, 0.5) is 5.13 Å². The van der Waals surface area contributed by atoms with Gasteiger partial charge in [0.1, 0.15) is 0 Å². The third-order valence-electron chi connectivity index (χ3n) is 3.40. The number of aliphatic imine (C=N–C) groups is 1. The van der Waals surface area contributed by atoms with Crippen molar-refractivity contribution in [3.05, 3.63) is 11.1 Å². The van der Waals surface area contributed by atoms with E-state index in [9.17, 15) is 0 Å². The largest absolute Gasteiger partial charge is 0.370 e. The summed E-state index contributed by atoms with van der Waals surface area (Å²) in [7, 11) is 0. The smallest absolute Gasteiger partial charge is 0.188 e. The first-order chi connectivity index (χ1) is 9.79. The predicted molar refractivity (Wildman–Crippen MR) is 102 cm³/mol. The third kappa shape index (κ3) is 6.37. The zero-order chi connectivity index (χ0) is 14.2. The number of hydrogen-bond acceptors (Lipinski definition) is 4. The van der Waals surface area contributed by atoms with Crippen LogP contribution in [0.5, 0.6) is 0 Å². The van der Waals surface area contributed by atoms with E-state index in [1.165, 1.54) is 18.0 Å². The molecule has 21 heavy (non-hydrogen) atoms. The van der Waals surface area contributed by atoms with Gasteiger partial charge >= 0.3 is 0 Å². The molecule has 0 bridgehead atoms. The van der Waals surface area contributed by atoms with Crippen molar-refractivity contribution in [1.82, 2.24) is 10.3 Å². The van der Waals surface area contributed by atoms with Crippen molar-refractivity contribution >= 4 is 46.4 Å². The average molecular weight is 423 g/mol. The lowest BCUT2D eigenvalue weighted by Crippen LogP contribution is -2.33. The molecular formula is C14H26IN5S. The molecule has 1 saturated heterocycles. The van der Waals surface area contributed by atoms with Crippen molar-refractivity contribution in [3.63, 3.8) is 0 Å². The summed E-state index contributed by atoms with van der Waals surface area (Å²) in [6.45, 7) is 6.07. The summed E-state index contributed by atoms with van der Waals surface area (Å²) in [6, 6.07) is 0. The van der Waals surface area contributed by atoms with Crippen LogP contribution in [0.3, 0.4) is 0 Å². The third-order valence-corrected chi connectivity index (χ3v) is 4.35. The quantitative estimate of drug-likeness (QED) is 0.306. The lowest BCUT2D eigenvalue weighted by molar-refractivity contribution is 0.787. The van der Waals surface area contributed by atoms with Crippen molar-refractivity contribution in [3.8, 4) is 0 Å². The molecule has 0 atom stereocenters. The molecule has 1 fully saturated rings. The monoisotopic (exact) mass is 423 g/mol. The maximum absolute atomic E-state index is 5.80. The van der Waals surface area contributed by atoms with E-state index in [-0.39, 0.29) is 24.0 Å². The molecule has 1 aliphatic rings. The first-order valence-electron chi connectivity index (χ1n) is 7.52. The number of hydrogen-bond donors (Lipinski definition) is 2. The van der Waals surface area contributed by atoms with Gasteiger partial charge in [0, 0.05) is 38.0 Å². The Morgan fingerprint density at radius 1 is 1.48 bits per heavy atom. The van der Waals surface area contributed by atoms with Crippen molar-refractivity contribution in [2.24, 2.45) is 10.7 Å². The molecule has 1 aliphatic heterocycles. The molecule has 0 saturated carbocycles. The van der Waals surface area contributed by atoms with Crippen LogP contribution in [0.1, 0.15) is 38.3 Å². The van der Waals surface area contributed by atoms with Gasteiger partial charge in [-0.15, -0.1) is 35.3 Å². The fourth-order valence-electron chi connectivity index (χ4n) is 2.20. The number of unbranched alkanes of at least 4 members (excludes halogenated alkanes) is 1. The van der Waals surface area contributed by atoms with Crippen molar-refractivity contribution in [2.75, 3.05) is 31.1 Å². The summed E-state index contributed by atoms with van der Waals surface area (Å²) < 4.78 is 0. The van der Waals surface area contributed by atoms with Crippen LogP contribution in [0, 0.1) is 0 Å². The Hall–Kier alpha value is -0.570. The minimum absolute atomic E-state index is 0. The standard InChI is InChI=1S/C14H25N5S.HI/c1-2-3-7-16-13(15)17-8-6-12-11-20-14(18-12)19-9-4-5-10-19;/h11H,2-10H2,1H3,(H3,15,16,17);1H. The Bertz CT molecular complexity index is 429. The minimum Gasteiger partial charge on any atom is -0.370 e. The van der Waals surface area contributed by atoms with Gasteiger partial charge in [0.2, 0.25) is 0 Å². The van der Waals surface area contributed by atoms with E-state index in [4.69, 9.17) is 5.73 Å². The molecule has 1 aromatic rings. The van der Waals surface area contributed by atoms with Gasteiger partial charge in [0.15, 0.2) is 11.1 Å². The summed E-state index contributed by atoms with van der Waals surface area (Å²) in [5.74, 6) is 0.549. The molecule has 0 spiro atoms. The number of aromatic nitrogens is 1. The summed E-state index contributed by atoms with van der Waals surface area (Å²) in [5.41, 5.74) is 6.94. The van der Waals surface area contributed by atoms with Gasteiger partial charge in [0.25, 0.3) is 0 Å². The molecule has 0 unspecified atom stereocenters. The van der Waals surface area contributed by atoms with Crippen LogP contribution in [-0.2, 0) is 6.42 Å². The Balaban J connectivity index is 0.00000220. The zero-order valence-electron chi connectivity index (χ0n) is 12.7. The molecule has 3 N–H and O–H groups in total. The molecule has 5 nitrogen and oxygen atoms in total. The first-order valence-corrected chi connectivity index (χ1v) is 8.40. The predicted octanol–water partition coefficient (Wildman–Crippen LogP) is 2.61. The molecule has 1 aromatic heterocycles. The number of thiazole rings is 1. The Labute approximate surface area is 148 Å². The van der Waals surface area contributed by atoms with Crippen molar-refractivity contribution in [2.45, 2.75) is 39.0 Å². The molecule has 7 heteroatoms. The zero-order valence-corrected chi connectivity index (χ0v) is 15.8. The SMILES string of the molecule is CCCCN=C(N)NCCc1csc(N2CCCC2)n1.I. The van der Waals surface area contributed by atoms with Gasteiger partial charge in [-0.05, 0) is 19.3 Å². The highest BCUT2D eigenvalue weighted by molar-refractivity contribution is 14.0. The highest BCUT2D eigenvalue weighted by Gasteiger charge is 2.15. The topological polar surface area (TPSA) is 66.5 Å². The van der Waals surface area contributed by atoms with Gasteiger partial charge in [-0.25, -0.2) is 4.98 Å². The van der Waals surface area contributed by atoms with Crippen LogP contribution in [0.25, 0.3) is 0 Å². The van der Waals surface area contributed by atoms with Gasteiger partial charge in [-0.2, -0.15) is 0 Å².